The van der Waals surface area contributed by atoms with Crippen LogP contribution in [0.1, 0.15) is 10.8 Å². The summed E-state index contributed by atoms with van der Waals surface area (Å²) < 4.78 is 24.0. The van der Waals surface area contributed by atoms with Gasteiger partial charge in [0, 0.05) is 5.56 Å². The van der Waals surface area contributed by atoms with E-state index in [-0.39, 0.29) is 0 Å². The molecule has 0 aromatic heterocycles. The Kier molecular flexibility index (Phi) is 1.06. The number of nitrogens with zero attached hydrogens (tertiary/aromatic N) is 1. The second kappa shape index (κ2) is 1.88. The van der Waals surface area contributed by atoms with Crippen LogP contribution in [0.5, 0.6) is 0 Å². The molecule has 1 aromatic carbocycles. The van der Waals surface area contributed by atoms with Crippen LogP contribution in [0.15, 0.2) is 24.3 Å². The molecule has 4 rings (SSSR count). The predicted octanol–water partition coefficient (Wildman–Crippen LogP) is 0.210. The molecule has 68 valence electrons. The monoisotopic (exact) mass is 197 g/mol. The highest BCUT2D eigenvalue weighted by Gasteiger charge is 2.61. The largest absolute Gasteiger partial charge is 0.371 e. The lowest BCUT2D eigenvalue weighted by Crippen LogP contribution is -2.53. The van der Waals surface area contributed by atoms with E-state index in [1.807, 2.05) is 0 Å². The molecule has 3 aliphatic heterocycles. The van der Waals surface area contributed by atoms with Gasteiger partial charge in [-0.1, -0.05) is 18.2 Å². The molecule has 2 atom stereocenters. The molecule has 5 heteroatoms. The van der Waals surface area contributed by atoms with Gasteiger partial charge in [-0.05, 0) is 6.07 Å². The molecule has 0 radical (unpaired) electrons. The minimum Gasteiger partial charge on any atom is -0.371 e. The molecule has 1 N–H and O–H groups in total. The first-order valence-corrected chi connectivity index (χ1v) is 5.44. The molecular formula is C8H7NO3S. The third-order valence-electron chi connectivity index (χ3n) is 2.59. The number of anilines is 1. The molecule has 2 unspecified atom stereocenters. The highest BCUT2D eigenvalue weighted by atomic mass is 32.2. The number of hydrogen-bond acceptors (Lipinski definition) is 3. The smallest absolute Gasteiger partial charge is 0.249 e. The zero-order valence-corrected chi connectivity index (χ0v) is 7.40. The Hall–Kier alpha value is -1.07. The third kappa shape index (κ3) is 0.606. The maximum Gasteiger partial charge on any atom is 0.249 e. The van der Waals surface area contributed by atoms with Crippen LogP contribution >= 0.6 is 0 Å². The lowest BCUT2D eigenvalue weighted by atomic mass is 10.1. The Balaban J connectivity index is 2.32. The number of rotatable bonds is 0. The number of benzene rings is 1. The van der Waals surface area contributed by atoms with Crippen LogP contribution in [-0.4, -0.2) is 19.8 Å². The van der Waals surface area contributed by atoms with Crippen LogP contribution in [0, 0.1) is 0 Å². The van der Waals surface area contributed by atoms with Crippen molar-refractivity contribution >= 4 is 15.7 Å². The maximum atomic E-state index is 11.4. The number of para-hydroxylation sites is 1. The van der Waals surface area contributed by atoms with Crippen molar-refractivity contribution in [1.82, 2.24) is 0 Å². The van der Waals surface area contributed by atoms with Crippen LogP contribution in [0.3, 0.4) is 0 Å². The molecule has 0 saturated carbocycles. The van der Waals surface area contributed by atoms with Gasteiger partial charge in [0.15, 0.2) is 11.5 Å². The Morgan fingerprint density at radius 1 is 1.31 bits per heavy atom. The van der Waals surface area contributed by atoms with Crippen LogP contribution in [-0.2, 0) is 10.0 Å². The second-order valence-corrected chi connectivity index (χ2v) is 5.17. The van der Waals surface area contributed by atoms with Crippen molar-refractivity contribution in [3.05, 3.63) is 29.8 Å². The molecule has 0 aliphatic carbocycles. The molecule has 13 heavy (non-hydrogen) atoms. The van der Waals surface area contributed by atoms with E-state index in [0.717, 1.165) is 9.87 Å². The number of hydrogen-bond donors (Lipinski definition) is 1. The highest BCUT2D eigenvalue weighted by molar-refractivity contribution is 7.95. The zero-order chi connectivity index (χ0) is 9.22. The summed E-state index contributed by atoms with van der Waals surface area (Å²) in [6, 6.07) is 7.00. The van der Waals surface area contributed by atoms with Gasteiger partial charge >= 0.3 is 0 Å². The number of aliphatic hydroxyl groups is 1. The zero-order valence-electron chi connectivity index (χ0n) is 6.58. The Labute approximate surface area is 75.5 Å². The van der Waals surface area contributed by atoms with Gasteiger partial charge in [0.05, 0.1) is 5.69 Å². The van der Waals surface area contributed by atoms with Crippen molar-refractivity contribution in [2.24, 2.45) is 0 Å². The van der Waals surface area contributed by atoms with Crippen LogP contribution in [0.4, 0.5) is 5.69 Å². The van der Waals surface area contributed by atoms with Gasteiger partial charge in [0.2, 0.25) is 10.0 Å². The predicted molar refractivity (Wildman–Crippen MR) is 46.6 cm³/mol. The molecule has 3 heterocycles. The molecule has 1 saturated heterocycles. The standard InChI is InChI=1S/C8H7NO3S/c10-8-7-5-3-1-2-4-6(5)9(8)13(7,11)12/h1-4,7-8,10H. The summed E-state index contributed by atoms with van der Waals surface area (Å²) in [7, 11) is -3.25. The molecule has 3 aliphatic rings. The summed E-state index contributed by atoms with van der Waals surface area (Å²) in [5.41, 5.74) is 1.34. The second-order valence-electron chi connectivity index (χ2n) is 3.23. The van der Waals surface area contributed by atoms with E-state index in [1.54, 1.807) is 24.3 Å². The highest BCUT2D eigenvalue weighted by Crippen LogP contribution is 2.55. The summed E-state index contributed by atoms with van der Waals surface area (Å²) in [4.78, 5) is 0. The van der Waals surface area contributed by atoms with Gasteiger partial charge in [-0.15, -0.1) is 0 Å². The van der Waals surface area contributed by atoms with Crippen LogP contribution in [0.25, 0.3) is 0 Å². The maximum absolute atomic E-state index is 11.4. The van der Waals surface area contributed by atoms with Gasteiger partial charge in [0.25, 0.3) is 0 Å². The van der Waals surface area contributed by atoms with Crippen LogP contribution < -0.4 is 4.31 Å². The Morgan fingerprint density at radius 2 is 2.00 bits per heavy atom. The summed E-state index contributed by atoms with van der Waals surface area (Å²) >= 11 is 0. The van der Waals surface area contributed by atoms with E-state index < -0.39 is 21.5 Å². The summed E-state index contributed by atoms with van der Waals surface area (Å²) in [6.07, 6.45) is -0.873. The molecule has 1 fully saturated rings. The van der Waals surface area contributed by atoms with E-state index in [4.69, 9.17) is 0 Å². The summed E-state index contributed by atoms with van der Waals surface area (Å²) in [5.74, 6) is 0. The molecule has 0 amide bonds. The minimum atomic E-state index is -3.25. The van der Waals surface area contributed by atoms with E-state index in [2.05, 4.69) is 0 Å². The average Bonchev–Trinajstić information content (AvgIpc) is 2.50. The van der Waals surface area contributed by atoms with E-state index in [0.29, 0.717) is 5.69 Å². The lowest BCUT2D eigenvalue weighted by molar-refractivity contribution is 0.169. The Morgan fingerprint density at radius 3 is 2.62 bits per heavy atom. The van der Waals surface area contributed by atoms with Gasteiger partial charge in [-0.3, -0.25) is 0 Å². The van der Waals surface area contributed by atoms with Crippen molar-refractivity contribution in [3.63, 3.8) is 0 Å². The fourth-order valence-electron chi connectivity index (χ4n) is 2.02. The number of sulfonamides is 1. The molecule has 2 bridgehead atoms. The van der Waals surface area contributed by atoms with E-state index in [1.165, 1.54) is 0 Å². The lowest BCUT2D eigenvalue weighted by Gasteiger charge is -2.35. The average molecular weight is 197 g/mol. The summed E-state index contributed by atoms with van der Waals surface area (Å²) in [6.45, 7) is 0. The van der Waals surface area contributed by atoms with Crippen molar-refractivity contribution in [2.75, 3.05) is 4.31 Å². The first kappa shape index (κ1) is 7.34. The van der Waals surface area contributed by atoms with Gasteiger partial charge in [0.1, 0.15) is 0 Å². The van der Waals surface area contributed by atoms with E-state index in [9.17, 15) is 13.5 Å². The molecule has 4 nitrogen and oxygen atoms in total. The SMILES string of the molecule is O=S1(=O)C2c3ccccc3N1C2O. The van der Waals surface area contributed by atoms with Crippen molar-refractivity contribution in [2.45, 2.75) is 11.5 Å². The third-order valence-corrected chi connectivity index (χ3v) is 4.69. The quantitative estimate of drug-likeness (QED) is 0.646. The number of aliphatic hydroxyl groups excluding tert-OH is 1. The fraction of sp³-hybridized carbons (Fsp3) is 0.250. The van der Waals surface area contributed by atoms with E-state index >= 15 is 0 Å². The van der Waals surface area contributed by atoms with Gasteiger partial charge in [-0.2, -0.15) is 0 Å². The minimum absolute atomic E-state index is 0.625. The molecule has 0 spiro atoms. The normalized spacial score (nSPS) is 32.5. The Bertz CT molecular complexity index is 445. The van der Waals surface area contributed by atoms with Crippen LogP contribution in [0.2, 0.25) is 0 Å². The van der Waals surface area contributed by atoms with Gasteiger partial charge < -0.3 is 5.11 Å². The van der Waals surface area contributed by atoms with Crippen molar-refractivity contribution in [1.29, 1.82) is 0 Å². The first-order valence-electron chi connectivity index (χ1n) is 3.94. The van der Waals surface area contributed by atoms with Gasteiger partial charge in [-0.25, -0.2) is 12.7 Å². The molecule has 1 aromatic rings. The first-order chi connectivity index (χ1) is 6.14. The molecular weight excluding hydrogens is 190 g/mol. The topological polar surface area (TPSA) is 57.6 Å². The summed E-state index contributed by atoms with van der Waals surface area (Å²) in [5, 5.41) is 8.73. The van der Waals surface area contributed by atoms with Crippen molar-refractivity contribution in [3.8, 4) is 0 Å². The van der Waals surface area contributed by atoms with Crippen molar-refractivity contribution < 1.29 is 13.5 Å². The fourth-order valence-corrected chi connectivity index (χ4v) is 3.88.